The summed E-state index contributed by atoms with van der Waals surface area (Å²) < 4.78 is 9.85. The minimum atomic E-state index is -0.613. The van der Waals surface area contributed by atoms with Crippen molar-refractivity contribution in [1.29, 1.82) is 0 Å². The molecule has 3 heteroatoms. The maximum atomic E-state index is 9.96. The van der Waals surface area contributed by atoms with Crippen molar-refractivity contribution < 1.29 is 14.3 Å². The predicted molar refractivity (Wildman–Crippen MR) is 62.0 cm³/mol. The SMILES string of the molecule is CC(O[C]=O)Oc1ccc(C(C)(C)C)cc1. The quantitative estimate of drug-likeness (QED) is 0.733. The predicted octanol–water partition coefficient (Wildman–Crippen LogP) is 2.79. The second-order valence-electron chi connectivity index (χ2n) is 4.66. The van der Waals surface area contributed by atoms with E-state index in [9.17, 15) is 4.79 Å². The van der Waals surface area contributed by atoms with Crippen LogP contribution in [-0.4, -0.2) is 12.8 Å². The fourth-order valence-corrected chi connectivity index (χ4v) is 1.32. The van der Waals surface area contributed by atoms with Gasteiger partial charge in [-0.25, -0.2) is 4.79 Å². The van der Waals surface area contributed by atoms with E-state index in [-0.39, 0.29) is 5.41 Å². The maximum Gasteiger partial charge on any atom is 0.420 e. The van der Waals surface area contributed by atoms with Gasteiger partial charge in [0.25, 0.3) is 0 Å². The van der Waals surface area contributed by atoms with Crippen molar-refractivity contribution >= 4 is 6.47 Å². The Hall–Kier alpha value is -1.51. The van der Waals surface area contributed by atoms with E-state index >= 15 is 0 Å². The third kappa shape index (κ3) is 3.57. The topological polar surface area (TPSA) is 35.5 Å². The summed E-state index contributed by atoms with van der Waals surface area (Å²) in [6.07, 6.45) is -0.613. The van der Waals surface area contributed by atoms with E-state index in [0.29, 0.717) is 5.75 Å². The molecule has 0 aliphatic rings. The molecule has 1 unspecified atom stereocenters. The third-order valence-corrected chi connectivity index (χ3v) is 2.24. The molecule has 0 bridgehead atoms. The van der Waals surface area contributed by atoms with Crippen molar-refractivity contribution in [2.45, 2.75) is 39.4 Å². The lowest BCUT2D eigenvalue weighted by Crippen LogP contribution is -2.15. The Morgan fingerprint density at radius 3 is 2.19 bits per heavy atom. The average Bonchev–Trinajstić information content (AvgIpc) is 2.17. The molecule has 87 valence electrons. The summed E-state index contributed by atoms with van der Waals surface area (Å²) in [6, 6.07) is 7.75. The third-order valence-electron chi connectivity index (χ3n) is 2.24. The van der Waals surface area contributed by atoms with Crippen molar-refractivity contribution in [3.05, 3.63) is 29.8 Å². The van der Waals surface area contributed by atoms with Gasteiger partial charge in [-0.2, -0.15) is 0 Å². The molecular weight excluding hydrogens is 204 g/mol. The van der Waals surface area contributed by atoms with Crippen LogP contribution in [0.1, 0.15) is 33.3 Å². The number of hydrogen-bond donors (Lipinski definition) is 0. The molecule has 0 aromatic heterocycles. The van der Waals surface area contributed by atoms with Gasteiger partial charge in [-0.3, -0.25) is 0 Å². The van der Waals surface area contributed by atoms with Crippen molar-refractivity contribution in [1.82, 2.24) is 0 Å². The first kappa shape index (κ1) is 12.6. The minimum absolute atomic E-state index is 0.122. The van der Waals surface area contributed by atoms with Crippen molar-refractivity contribution in [2.75, 3.05) is 0 Å². The number of ether oxygens (including phenoxy) is 2. The molecule has 1 radical (unpaired) electrons. The van der Waals surface area contributed by atoms with Crippen LogP contribution in [-0.2, 0) is 14.9 Å². The maximum absolute atomic E-state index is 9.96. The molecule has 0 aliphatic carbocycles. The highest BCUT2D eigenvalue weighted by Gasteiger charge is 2.13. The minimum Gasteiger partial charge on any atom is -0.455 e. The first-order valence-electron chi connectivity index (χ1n) is 5.23. The second-order valence-corrected chi connectivity index (χ2v) is 4.66. The summed E-state index contributed by atoms with van der Waals surface area (Å²) in [4.78, 5) is 9.96. The molecule has 0 saturated heterocycles. The molecule has 0 N–H and O–H groups in total. The molecule has 1 rings (SSSR count). The van der Waals surface area contributed by atoms with E-state index in [4.69, 9.17) is 4.74 Å². The molecule has 1 aromatic carbocycles. The van der Waals surface area contributed by atoms with Gasteiger partial charge in [-0.15, -0.1) is 0 Å². The Bertz CT molecular complexity index is 335. The van der Waals surface area contributed by atoms with Crippen LogP contribution in [0.5, 0.6) is 5.75 Å². The zero-order chi connectivity index (χ0) is 12.2. The van der Waals surface area contributed by atoms with Gasteiger partial charge in [0.1, 0.15) is 5.75 Å². The van der Waals surface area contributed by atoms with E-state index in [2.05, 4.69) is 25.5 Å². The number of rotatable bonds is 4. The highest BCUT2D eigenvalue weighted by atomic mass is 16.7. The second kappa shape index (κ2) is 5.01. The Balaban J connectivity index is 2.68. The first-order chi connectivity index (χ1) is 7.43. The average molecular weight is 221 g/mol. The lowest BCUT2D eigenvalue weighted by atomic mass is 9.87. The van der Waals surface area contributed by atoms with Gasteiger partial charge in [0.2, 0.25) is 6.29 Å². The molecule has 0 fully saturated rings. The first-order valence-corrected chi connectivity index (χ1v) is 5.23. The summed E-state index contributed by atoms with van der Waals surface area (Å²) in [6.45, 7) is 9.44. The molecule has 1 atom stereocenters. The zero-order valence-electron chi connectivity index (χ0n) is 10.1. The fourth-order valence-electron chi connectivity index (χ4n) is 1.32. The Morgan fingerprint density at radius 1 is 1.19 bits per heavy atom. The van der Waals surface area contributed by atoms with Gasteiger partial charge in [-0.1, -0.05) is 32.9 Å². The summed E-state index contributed by atoms with van der Waals surface area (Å²) in [5.74, 6) is 0.677. The van der Waals surface area contributed by atoms with E-state index < -0.39 is 6.29 Å². The van der Waals surface area contributed by atoms with E-state index in [1.165, 1.54) is 12.0 Å². The Kier molecular flexibility index (Phi) is 3.93. The summed E-state index contributed by atoms with van der Waals surface area (Å²) in [5.41, 5.74) is 1.35. The lowest BCUT2D eigenvalue weighted by molar-refractivity contribution is 0.00938. The van der Waals surface area contributed by atoms with Crippen LogP contribution >= 0.6 is 0 Å². The van der Waals surface area contributed by atoms with Crippen LogP contribution in [0, 0.1) is 0 Å². The number of benzene rings is 1. The largest absolute Gasteiger partial charge is 0.455 e. The monoisotopic (exact) mass is 221 g/mol. The normalized spacial score (nSPS) is 13.0. The molecule has 0 spiro atoms. The van der Waals surface area contributed by atoms with Crippen molar-refractivity contribution in [2.24, 2.45) is 0 Å². The van der Waals surface area contributed by atoms with Crippen LogP contribution in [0.3, 0.4) is 0 Å². The molecule has 0 saturated carbocycles. The van der Waals surface area contributed by atoms with E-state index in [0.717, 1.165) is 0 Å². The van der Waals surface area contributed by atoms with Gasteiger partial charge in [0.15, 0.2) is 0 Å². The highest BCUT2D eigenvalue weighted by molar-refractivity contribution is 5.38. The summed E-state index contributed by atoms with van der Waals surface area (Å²) in [5, 5.41) is 0. The van der Waals surface area contributed by atoms with Gasteiger partial charge in [0, 0.05) is 6.92 Å². The van der Waals surface area contributed by atoms with Gasteiger partial charge in [0.05, 0.1) is 0 Å². The van der Waals surface area contributed by atoms with Crippen molar-refractivity contribution in [3.63, 3.8) is 0 Å². The molecule has 0 aliphatic heterocycles. The lowest BCUT2D eigenvalue weighted by Gasteiger charge is -2.19. The fraction of sp³-hybridized carbons (Fsp3) is 0.462. The summed E-state index contributed by atoms with van der Waals surface area (Å²) in [7, 11) is 0. The Labute approximate surface area is 96.4 Å². The van der Waals surface area contributed by atoms with Crippen molar-refractivity contribution in [3.8, 4) is 5.75 Å². The van der Waals surface area contributed by atoms with Crippen LogP contribution in [0.2, 0.25) is 0 Å². The molecule has 1 aromatic rings. The zero-order valence-corrected chi connectivity index (χ0v) is 10.1. The number of carbonyl (C=O) groups excluding carboxylic acids is 1. The Morgan fingerprint density at radius 2 is 1.75 bits per heavy atom. The van der Waals surface area contributed by atoms with Gasteiger partial charge < -0.3 is 9.47 Å². The standard InChI is InChI=1S/C13H17O3/c1-10(15-9-14)16-12-7-5-11(6-8-12)13(2,3)4/h5-8,10H,1-4H3. The van der Waals surface area contributed by atoms with Gasteiger partial charge >= 0.3 is 6.47 Å². The van der Waals surface area contributed by atoms with Crippen LogP contribution in [0.15, 0.2) is 24.3 Å². The van der Waals surface area contributed by atoms with E-state index in [1.807, 2.05) is 24.3 Å². The smallest absolute Gasteiger partial charge is 0.420 e. The highest BCUT2D eigenvalue weighted by Crippen LogP contribution is 2.24. The molecular formula is C13H17O3. The van der Waals surface area contributed by atoms with Gasteiger partial charge in [-0.05, 0) is 23.1 Å². The molecule has 16 heavy (non-hydrogen) atoms. The van der Waals surface area contributed by atoms with E-state index in [1.54, 1.807) is 6.92 Å². The number of hydrogen-bond acceptors (Lipinski definition) is 3. The molecule has 0 heterocycles. The molecule has 0 amide bonds. The molecule has 3 nitrogen and oxygen atoms in total. The van der Waals surface area contributed by atoms with Crippen LogP contribution < -0.4 is 4.74 Å². The van der Waals surface area contributed by atoms with Crippen LogP contribution in [0.25, 0.3) is 0 Å². The van der Waals surface area contributed by atoms with Crippen LogP contribution in [0.4, 0.5) is 0 Å². The summed E-state index contributed by atoms with van der Waals surface area (Å²) >= 11 is 0.